The van der Waals surface area contributed by atoms with Gasteiger partial charge >= 0.3 is 0 Å². The number of nitro groups is 1. The summed E-state index contributed by atoms with van der Waals surface area (Å²) >= 11 is 0. The molecule has 1 aromatic rings. The van der Waals surface area contributed by atoms with Crippen LogP contribution in [0, 0.1) is 16.0 Å². The zero-order chi connectivity index (χ0) is 14.5. The lowest BCUT2D eigenvalue weighted by molar-refractivity contribution is -0.384. The molecule has 0 aliphatic carbocycles. The molecule has 0 spiro atoms. The van der Waals surface area contributed by atoms with Crippen molar-refractivity contribution in [3.05, 3.63) is 39.9 Å². The van der Waals surface area contributed by atoms with Crippen LogP contribution in [-0.4, -0.2) is 47.4 Å². The molecule has 110 valence electrons. The molecular formula is C15H23N3O2. The first-order valence-electron chi connectivity index (χ1n) is 7.22. The highest BCUT2D eigenvalue weighted by Crippen LogP contribution is 2.16. The van der Waals surface area contributed by atoms with Gasteiger partial charge in [-0.1, -0.05) is 26.0 Å². The number of non-ortho nitro benzene ring substituents is 1. The zero-order valence-corrected chi connectivity index (χ0v) is 12.3. The number of piperazine rings is 1. The number of hydrogen-bond acceptors (Lipinski definition) is 4. The average molecular weight is 277 g/mol. The van der Waals surface area contributed by atoms with Crippen LogP contribution in [0.25, 0.3) is 0 Å². The number of nitrogens with zero attached hydrogens (tertiary/aromatic N) is 3. The van der Waals surface area contributed by atoms with Gasteiger partial charge in [-0.15, -0.1) is 0 Å². The van der Waals surface area contributed by atoms with Crippen LogP contribution < -0.4 is 0 Å². The topological polar surface area (TPSA) is 49.6 Å². The van der Waals surface area contributed by atoms with Gasteiger partial charge in [0.2, 0.25) is 0 Å². The van der Waals surface area contributed by atoms with Crippen molar-refractivity contribution in [1.29, 1.82) is 0 Å². The number of benzene rings is 1. The molecule has 1 aliphatic heterocycles. The van der Waals surface area contributed by atoms with Crippen LogP contribution in [0.4, 0.5) is 5.69 Å². The largest absolute Gasteiger partial charge is 0.301 e. The average Bonchev–Trinajstić information content (AvgIpc) is 2.41. The van der Waals surface area contributed by atoms with Gasteiger partial charge in [-0.05, 0) is 11.5 Å². The van der Waals surface area contributed by atoms with Crippen molar-refractivity contribution in [2.24, 2.45) is 5.92 Å². The zero-order valence-electron chi connectivity index (χ0n) is 12.3. The Morgan fingerprint density at radius 2 is 1.85 bits per heavy atom. The second-order valence-electron chi connectivity index (χ2n) is 5.90. The molecular weight excluding hydrogens is 254 g/mol. The van der Waals surface area contributed by atoms with Crippen molar-refractivity contribution in [2.45, 2.75) is 20.4 Å². The Bertz CT molecular complexity index is 454. The van der Waals surface area contributed by atoms with E-state index in [-0.39, 0.29) is 10.6 Å². The summed E-state index contributed by atoms with van der Waals surface area (Å²) in [5.41, 5.74) is 1.21. The maximum absolute atomic E-state index is 10.8. The first-order valence-corrected chi connectivity index (χ1v) is 7.22. The molecule has 1 fully saturated rings. The van der Waals surface area contributed by atoms with E-state index >= 15 is 0 Å². The van der Waals surface area contributed by atoms with Crippen molar-refractivity contribution in [3.8, 4) is 0 Å². The van der Waals surface area contributed by atoms with E-state index in [0.717, 1.165) is 44.8 Å². The fourth-order valence-electron chi connectivity index (χ4n) is 2.67. The molecule has 1 heterocycles. The molecule has 0 atom stereocenters. The van der Waals surface area contributed by atoms with Crippen LogP contribution in [0.5, 0.6) is 0 Å². The highest BCUT2D eigenvalue weighted by atomic mass is 16.6. The monoisotopic (exact) mass is 277 g/mol. The van der Waals surface area contributed by atoms with Gasteiger partial charge in [-0.25, -0.2) is 0 Å². The minimum atomic E-state index is -0.329. The molecule has 0 radical (unpaired) electrons. The Labute approximate surface area is 120 Å². The first kappa shape index (κ1) is 14.9. The van der Waals surface area contributed by atoms with Crippen LogP contribution in [0.2, 0.25) is 0 Å². The molecule has 20 heavy (non-hydrogen) atoms. The Kier molecular flexibility index (Phi) is 5.09. The van der Waals surface area contributed by atoms with Crippen molar-refractivity contribution in [1.82, 2.24) is 9.80 Å². The molecule has 0 amide bonds. The van der Waals surface area contributed by atoms with Crippen molar-refractivity contribution >= 4 is 5.69 Å². The summed E-state index contributed by atoms with van der Waals surface area (Å²) < 4.78 is 0. The van der Waals surface area contributed by atoms with E-state index in [1.54, 1.807) is 18.2 Å². The van der Waals surface area contributed by atoms with E-state index in [2.05, 4.69) is 23.6 Å². The third-order valence-corrected chi connectivity index (χ3v) is 3.62. The molecule has 0 saturated carbocycles. The van der Waals surface area contributed by atoms with Gasteiger partial charge in [0.25, 0.3) is 5.69 Å². The number of rotatable bonds is 5. The maximum Gasteiger partial charge on any atom is 0.269 e. The van der Waals surface area contributed by atoms with Gasteiger partial charge in [0.05, 0.1) is 4.92 Å². The molecule has 1 saturated heterocycles. The normalized spacial score (nSPS) is 17.6. The summed E-state index contributed by atoms with van der Waals surface area (Å²) in [7, 11) is 0. The van der Waals surface area contributed by atoms with Gasteiger partial charge in [0.1, 0.15) is 0 Å². The minimum Gasteiger partial charge on any atom is -0.301 e. The summed E-state index contributed by atoms with van der Waals surface area (Å²) in [6, 6.07) is 6.96. The summed E-state index contributed by atoms with van der Waals surface area (Å²) in [5, 5.41) is 10.8. The highest BCUT2D eigenvalue weighted by Gasteiger charge is 2.18. The lowest BCUT2D eigenvalue weighted by Gasteiger charge is -2.35. The van der Waals surface area contributed by atoms with E-state index in [1.165, 1.54) is 0 Å². The minimum absolute atomic E-state index is 0.181. The summed E-state index contributed by atoms with van der Waals surface area (Å²) in [6.45, 7) is 10.7. The third kappa shape index (κ3) is 4.28. The van der Waals surface area contributed by atoms with E-state index < -0.39 is 0 Å². The molecule has 5 nitrogen and oxygen atoms in total. The standard InChI is InChI=1S/C15H23N3O2/c1-13(2)11-16-6-8-17(9-7-16)12-14-4-3-5-15(10-14)18(19)20/h3-5,10,13H,6-9,11-12H2,1-2H3. The quantitative estimate of drug-likeness (QED) is 0.612. The third-order valence-electron chi connectivity index (χ3n) is 3.62. The molecule has 0 N–H and O–H groups in total. The number of nitro benzene ring substituents is 1. The Balaban J connectivity index is 1.86. The van der Waals surface area contributed by atoms with Gasteiger partial charge in [-0.2, -0.15) is 0 Å². The van der Waals surface area contributed by atoms with Gasteiger partial charge in [0, 0.05) is 51.4 Å². The molecule has 0 bridgehead atoms. The fourth-order valence-corrected chi connectivity index (χ4v) is 2.67. The van der Waals surface area contributed by atoms with E-state index in [0.29, 0.717) is 5.92 Å². The van der Waals surface area contributed by atoms with Crippen LogP contribution in [-0.2, 0) is 6.54 Å². The second kappa shape index (κ2) is 6.81. The van der Waals surface area contributed by atoms with Gasteiger partial charge in [-0.3, -0.25) is 15.0 Å². The molecule has 0 aromatic heterocycles. The fraction of sp³-hybridized carbons (Fsp3) is 0.600. The first-order chi connectivity index (χ1) is 9.54. The SMILES string of the molecule is CC(C)CN1CCN(Cc2cccc([N+](=O)[O-])c2)CC1. The number of hydrogen-bond donors (Lipinski definition) is 0. The van der Waals surface area contributed by atoms with E-state index in [9.17, 15) is 10.1 Å². The van der Waals surface area contributed by atoms with Gasteiger partial charge < -0.3 is 4.90 Å². The summed E-state index contributed by atoms with van der Waals surface area (Å²) in [4.78, 5) is 15.3. The van der Waals surface area contributed by atoms with Crippen molar-refractivity contribution in [2.75, 3.05) is 32.7 Å². The van der Waals surface area contributed by atoms with Crippen molar-refractivity contribution < 1.29 is 4.92 Å². The van der Waals surface area contributed by atoms with Crippen LogP contribution in [0.3, 0.4) is 0 Å². The summed E-state index contributed by atoms with van der Waals surface area (Å²) in [6.07, 6.45) is 0. The van der Waals surface area contributed by atoms with E-state index in [1.807, 2.05) is 6.07 Å². The molecule has 2 rings (SSSR count). The Morgan fingerprint density at radius 3 is 2.45 bits per heavy atom. The predicted molar refractivity (Wildman–Crippen MR) is 79.7 cm³/mol. The van der Waals surface area contributed by atoms with Crippen molar-refractivity contribution in [3.63, 3.8) is 0 Å². The molecule has 1 aliphatic rings. The van der Waals surface area contributed by atoms with Gasteiger partial charge in [0.15, 0.2) is 0 Å². The Hall–Kier alpha value is -1.46. The molecule has 0 unspecified atom stereocenters. The highest BCUT2D eigenvalue weighted by molar-refractivity contribution is 5.34. The maximum atomic E-state index is 10.8. The second-order valence-corrected chi connectivity index (χ2v) is 5.90. The van der Waals surface area contributed by atoms with Crippen LogP contribution in [0.15, 0.2) is 24.3 Å². The Morgan fingerprint density at radius 1 is 1.20 bits per heavy atom. The van der Waals surface area contributed by atoms with Crippen LogP contribution in [0.1, 0.15) is 19.4 Å². The predicted octanol–water partition coefficient (Wildman–Crippen LogP) is 2.37. The molecule has 1 aromatic carbocycles. The summed E-state index contributed by atoms with van der Waals surface area (Å²) in [5.74, 6) is 0.707. The molecule has 5 heteroatoms. The lowest BCUT2D eigenvalue weighted by atomic mass is 10.1. The van der Waals surface area contributed by atoms with E-state index in [4.69, 9.17) is 0 Å². The van der Waals surface area contributed by atoms with Crippen LogP contribution >= 0.6 is 0 Å². The lowest BCUT2D eigenvalue weighted by Crippen LogP contribution is -2.46. The smallest absolute Gasteiger partial charge is 0.269 e.